The summed E-state index contributed by atoms with van der Waals surface area (Å²) in [6.07, 6.45) is 4.08. The number of hydrogen-bond donors (Lipinski definition) is 0. The zero-order valence-electron chi connectivity index (χ0n) is 41.6. The van der Waals surface area contributed by atoms with Gasteiger partial charge in [0.1, 0.15) is 0 Å². The van der Waals surface area contributed by atoms with Crippen molar-refractivity contribution < 1.29 is 18.9 Å². The number of aryl methyl sites for hydroxylation is 2. The molecule has 10 aromatic carbocycles. The number of halogens is 1. The van der Waals surface area contributed by atoms with Gasteiger partial charge < -0.3 is 8.58 Å². The van der Waals surface area contributed by atoms with Gasteiger partial charge in [-0.25, -0.2) is 10.6 Å². The SMILES string of the molecule is C.CCc1cccc(CP(c2ccccc2)c2ccccc2)c1-c1c(CC)cccc1CP(c1ccccc1)c1ccccc1.ClP(c1ccccc1)c1ccccc1.[Li+].c1ccc([P-]c2ccccc2)cc1. The predicted molar refractivity (Wildman–Crippen MR) is 327 cm³/mol. The fourth-order valence-electron chi connectivity index (χ4n) is 8.66. The molecule has 10 rings (SSSR count). The van der Waals surface area contributed by atoms with E-state index in [0.29, 0.717) is 0 Å². The van der Waals surface area contributed by atoms with E-state index in [2.05, 4.69) is 244 Å². The molecular formula is C67H64ClLiP4. The summed E-state index contributed by atoms with van der Waals surface area (Å²) >= 11 is 6.40. The molecule has 10 aromatic rings. The fourth-order valence-corrected chi connectivity index (χ4v) is 16.1. The summed E-state index contributed by atoms with van der Waals surface area (Å²) in [6, 6.07) is 100. The zero-order chi connectivity index (χ0) is 48.9. The maximum absolute atomic E-state index is 6.40. The number of hydrogen-bond acceptors (Lipinski definition) is 0. The largest absolute Gasteiger partial charge is 1.00 e. The molecule has 360 valence electrons. The van der Waals surface area contributed by atoms with Gasteiger partial charge >= 0.3 is 18.9 Å². The zero-order valence-corrected chi connectivity index (χ0v) is 45.9. The van der Waals surface area contributed by atoms with Crippen molar-refractivity contribution >= 4 is 85.4 Å². The number of benzene rings is 10. The quantitative estimate of drug-likeness (QED) is 0.0709. The molecule has 0 unspecified atom stereocenters. The predicted octanol–water partition coefficient (Wildman–Crippen LogP) is 13.2. The first-order valence-electron chi connectivity index (χ1n) is 24.4. The monoisotopic (exact) mass is 1030 g/mol. The van der Waals surface area contributed by atoms with Gasteiger partial charge in [-0.05, 0) is 93.9 Å². The summed E-state index contributed by atoms with van der Waals surface area (Å²) in [7, 11) is -0.536. The van der Waals surface area contributed by atoms with Gasteiger partial charge in [-0.15, -0.1) is 0 Å². The van der Waals surface area contributed by atoms with E-state index in [9.17, 15) is 0 Å². The molecule has 0 N–H and O–H groups in total. The van der Waals surface area contributed by atoms with E-state index < -0.39 is 23.1 Å². The second-order valence-corrected chi connectivity index (χ2v) is 25.1. The van der Waals surface area contributed by atoms with Crippen LogP contribution in [0.4, 0.5) is 0 Å². The molecule has 0 aliphatic rings. The third kappa shape index (κ3) is 16.4. The van der Waals surface area contributed by atoms with Crippen molar-refractivity contribution in [3.8, 4) is 11.1 Å². The van der Waals surface area contributed by atoms with E-state index in [1.807, 2.05) is 48.5 Å². The standard InChI is InChI=1S/C42H40P2.C12H10ClP.C12H10P.CH4.Li/c1-3-33-19-17-21-35(31-43(37-23-9-5-10-24-37)38-25-11-6-12-26-38)41(33)42-34(4-2)20-18-22-36(42)32-44(39-27-13-7-14-28-39)40-29-15-8-16-30-40;13-14(11-7-3-1-4-8-11)12-9-5-2-6-10-12;1-3-7-11(8-4-1)13-12-9-5-2-6-10-12;;/h5-30H,3-4,31-32H2,1-2H3;1-10H;1-10H;1H4;/q;;-1;;+1. The maximum atomic E-state index is 6.40. The van der Waals surface area contributed by atoms with Crippen molar-refractivity contribution in [2.45, 2.75) is 46.4 Å². The van der Waals surface area contributed by atoms with Crippen LogP contribution >= 0.6 is 42.9 Å². The van der Waals surface area contributed by atoms with Gasteiger partial charge in [-0.2, -0.15) is 0 Å². The van der Waals surface area contributed by atoms with Crippen LogP contribution in [0.1, 0.15) is 43.5 Å². The molecule has 6 heteroatoms. The fraction of sp³-hybridized carbons (Fsp3) is 0.104. The molecule has 0 saturated carbocycles. The van der Waals surface area contributed by atoms with Crippen LogP contribution in [0.25, 0.3) is 11.1 Å². The van der Waals surface area contributed by atoms with E-state index in [-0.39, 0.29) is 26.3 Å². The van der Waals surface area contributed by atoms with Crippen molar-refractivity contribution in [3.05, 3.63) is 301 Å². The summed E-state index contributed by atoms with van der Waals surface area (Å²) in [5, 5.41) is 10.8. The van der Waals surface area contributed by atoms with Crippen molar-refractivity contribution in [3.63, 3.8) is 0 Å². The molecule has 0 spiro atoms. The van der Waals surface area contributed by atoms with Gasteiger partial charge in [0.2, 0.25) is 0 Å². The van der Waals surface area contributed by atoms with Crippen LogP contribution in [-0.2, 0) is 25.2 Å². The molecule has 0 nitrogen and oxygen atoms in total. The Hall–Kier alpha value is -5.19. The second kappa shape index (κ2) is 30.9. The van der Waals surface area contributed by atoms with Crippen molar-refractivity contribution in [1.29, 1.82) is 0 Å². The summed E-state index contributed by atoms with van der Waals surface area (Å²) in [5.41, 5.74) is 8.77. The Labute approximate surface area is 459 Å². The Bertz CT molecular complexity index is 2790. The van der Waals surface area contributed by atoms with Crippen LogP contribution in [-0.4, -0.2) is 0 Å². The Morgan fingerprint density at radius 1 is 0.301 bits per heavy atom. The van der Waals surface area contributed by atoms with Gasteiger partial charge in [-0.3, -0.25) is 0 Å². The first-order valence-corrected chi connectivity index (χ1v) is 30.6. The van der Waals surface area contributed by atoms with E-state index in [0.717, 1.165) is 25.2 Å². The molecule has 0 saturated heterocycles. The first kappa shape index (κ1) is 57.1. The van der Waals surface area contributed by atoms with Gasteiger partial charge in [0.25, 0.3) is 0 Å². The van der Waals surface area contributed by atoms with Crippen molar-refractivity contribution in [2.75, 3.05) is 0 Å². The van der Waals surface area contributed by atoms with E-state index in [1.54, 1.807) is 0 Å². The van der Waals surface area contributed by atoms with Crippen LogP contribution in [0.5, 0.6) is 0 Å². The molecule has 0 fully saturated rings. The topological polar surface area (TPSA) is 0 Å². The van der Waals surface area contributed by atoms with Crippen molar-refractivity contribution in [1.82, 2.24) is 0 Å². The minimum absolute atomic E-state index is 0. The molecule has 0 radical (unpaired) electrons. The summed E-state index contributed by atoms with van der Waals surface area (Å²) in [4.78, 5) is 0. The summed E-state index contributed by atoms with van der Waals surface area (Å²) in [6.45, 7) is 4.63. The molecule has 0 atom stereocenters. The van der Waals surface area contributed by atoms with Gasteiger partial charge in [0, 0.05) is 12.3 Å². The molecule has 0 aliphatic carbocycles. The Morgan fingerprint density at radius 2 is 0.534 bits per heavy atom. The minimum atomic E-state index is -0.699. The van der Waals surface area contributed by atoms with Crippen molar-refractivity contribution in [2.24, 2.45) is 0 Å². The summed E-state index contributed by atoms with van der Waals surface area (Å²) < 4.78 is 0. The average Bonchev–Trinajstić information content (AvgIpc) is 3.45. The molecule has 0 amide bonds. The van der Waals surface area contributed by atoms with Crippen LogP contribution in [0.2, 0.25) is 0 Å². The van der Waals surface area contributed by atoms with E-state index >= 15 is 0 Å². The molecule has 0 aromatic heterocycles. The Balaban J connectivity index is 0.000000243. The second-order valence-electron chi connectivity index (χ2n) is 16.9. The van der Waals surface area contributed by atoms with Gasteiger partial charge in [0.15, 0.2) is 0 Å². The average molecular weight is 1040 g/mol. The third-order valence-corrected chi connectivity index (χ3v) is 20.9. The van der Waals surface area contributed by atoms with Crippen LogP contribution in [0, 0.1) is 0 Å². The first-order chi connectivity index (χ1) is 35.1. The minimum Gasteiger partial charge on any atom is -0.472 e. The smallest absolute Gasteiger partial charge is 0.472 e. The number of rotatable bonds is 15. The molecule has 73 heavy (non-hydrogen) atoms. The maximum Gasteiger partial charge on any atom is 1.00 e. The Kier molecular flexibility index (Phi) is 24.1. The van der Waals surface area contributed by atoms with Gasteiger partial charge in [0.05, 0.1) is 7.27 Å². The third-order valence-electron chi connectivity index (χ3n) is 12.2. The Morgan fingerprint density at radius 3 is 0.795 bits per heavy atom. The van der Waals surface area contributed by atoms with Crippen LogP contribution < -0.4 is 61.3 Å². The molecule has 0 aliphatic heterocycles. The van der Waals surface area contributed by atoms with Crippen LogP contribution in [0.15, 0.2) is 279 Å². The van der Waals surface area contributed by atoms with Gasteiger partial charge in [-0.1, -0.05) is 312 Å². The van der Waals surface area contributed by atoms with E-state index in [1.165, 1.54) is 84.4 Å². The van der Waals surface area contributed by atoms with Crippen LogP contribution in [0.3, 0.4) is 0 Å². The summed E-state index contributed by atoms with van der Waals surface area (Å²) in [5.74, 6) is 0. The molecule has 0 heterocycles. The van der Waals surface area contributed by atoms with E-state index in [4.69, 9.17) is 11.2 Å². The molecular weight excluding hydrogens is 971 g/mol. The normalized spacial score (nSPS) is 10.5. The molecule has 0 bridgehead atoms.